The van der Waals surface area contributed by atoms with Gasteiger partial charge < -0.3 is 15.5 Å². The van der Waals surface area contributed by atoms with E-state index in [1.165, 1.54) is 0 Å². The molecule has 1 aromatic carbocycles. The van der Waals surface area contributed by atoms with Crippen molar-refractivity contribution in [3.05, 3.63) is 35.9 Å². The van der Waals surface area contributed by atoms with Gasteiger partial charge in [0, 0.05) is 0 Å². The molecule has 0 radical (unpaired) electrons. The van der Waals surface area contributed by atoms with Crippen LogP contribution in [0.3, 0.4) is 0 Å². The number of nitrogens with one attached hydrogen (secondary N) is 1. The third-order valence-electron chi connectivity index (χ3n) is 4.20. The van der Waals surface area contributed by atoms with Gasteiger partial charge in [-0.3, -0.25) is 9.59 Å². The lowest BCUT2D eigenvalue weighted by Gasteiger charge is -2.26. The van der Waals surface area contributed by atoms with Crippen molar-refractivity contribution in [1.82, 2.24) is 5.32 Å². The lowest BCUT2D eigenvalue weighted by Crippen LogP contribution is -2.37. The molecular weight excluding hydrogens is 258 g/mol. The van der Waals surface area contributed by atoms with Crippen LogP contribution < -0.4 is 5.32 Å². The SMILES string of the molecule is CC(c1ccccc1)[C@H]1CN[C@@H](C(=O)O)[C@@H]1CC(=O)O. The van der Waals surface area contributed by atoms with Crippen LogP contribution in [0.1, 0.15) is 24.8 Å². The lowest BCUT2D eigenvalue weighted by atomic mass is 9.77. The van der Waals surface area contributed by atoms with Crippen LogP contribution in [0.15, 0.2) is 30.3 Å². The molecule has 0 bridgehead atoms. The smallest absolute Gasteiger partial charge is 0.321 e. The minimum Gasteiger partial charge on any atom is -0.481 e. The number of carboxylic acids is 2. The number of carboxylic acid groups (broad SMARTS) is 2. The Hall–Kier alpha value is -1.88. The Morgan fingerprint density at radius 3 is 2.50 bits per heavy atom. The monoisotopic (exact) mass is 277 g/mol. The minimum absolute atomic E-state index is 0.00889. The van der Waals surface area contributed by atoms with Gasteiger partial charge in [-0.15, -0.1) is 0 Å². The predicted octanol–water partition coefficient (Wildman–Crippen LogP) is 1.55. The molecule has 20 heavy (non-hydrogen) atoms. The van der Waals surface area contributed by atoms with Gasteiger partial charge in [0.2, 0.25) is 0 Å². The van der Waals surface area contributed by atoms with Gasteiger partial charge in [-0.25, -0.2) is 0 Å². The Labute approximate surface area is 117 Å². The van der Waals surface area contributed by atoms with Gasteiger partial charge in [-0.2, -0.15) is 0 Å². The zero-order valence-electron chi connectivity index (χ0n) is 11.3. The van der Waals surface area contributed by atoms with Gasteiger partial charge in [0.1, 0.15) is 6.04 Å². The summed E-state index contributed by atoms with van der Waals surface area (Å²) in [4.78, 5) is 22.3. The third kappa shape index (κ3) is 2.99. The Morgan fingerprint density at radius 1 is 1.30 bits per heavy atom. The van der Waals surface area contributed by atoms with E-state index >= 15 is 0 Å². The summed E-state index contributed by atoms with van der Waals surface area (Å²) < 4.78 is 0. The van der Waals surface area contributed by atoms with E-state index in [4.69, 9.17) is 5.11 Å². The summed E-state index contributed by atoms with van der Waals surface area (Å²) in [5.41, 5.74) is 1.11. The van der Waals surface area contributed by atoms with Crippen molar-refractivity contribution < 1.29 is 19.8 Å². The fourth-order valence-corrected chi connectivity index (χ4v) is 3.11. The zero-order valence-corrected chi connectivity index (χ0v) is 11.3. The van der Waals surface area contributed by atoms with Crippen LogP contribution in [0.5, 0.6) is 0 Å². The fraction of sp³-hybridized carbons (Fsp3) is 0.467. The number of carbonyl (C=O) groups is 2. The number of aliphatic carboxylic acids is 2. The zero-order chi connectivity index (χ0) is 14.7. The molecular formula is C15H19NO4. The molecule has 0 aromatic heterocycles. The Kier molecular flexibility index (Phi) is 4.39. The molecule has 1 aliphatic heterocycles. The Morgan fingerprint density at radius 2 is 1.95 bits per heavy atom. The first-order chi connectivity index (χ1) is 9.50. The summed E-state index contributed by atoms with van der Waals surface area (Å²) in [5, 5.41) is 21.2. The van der Waals surface area contributed by atoms with E-state index in [9.17, 15) is 14.7 Å². The van der Waals surface area contributed by atoms with Gasteiger partial charge in [0.15, 0.2) is 0 Å². The van der Waals surface area contributed by atoms with Crippen molar-refractivity contribution in [2.45, 2.75) is 25.3 Å². The summed E-state index contributed by atoms with van der Waals surface area (Å²) in [6.45, 7) is 2.56. The molecule has 1 heterocycles. The van der Waals surface area contributed by atoms with E-state index < -0.39 is 18.0 Å². The maximum absolute atomic E-state index is 11.2. The van der Waals surface area contributed by atoms with Crippen molar-refractivity contribution in [2.24, 2.45) is 11.8 Å². The molecule has 0 aliphatic carbocycles. The van der Waals surface area contributed by atoms with Crippen molar-refractivity contribution in [1.29, 1.82) is 0 Å². The van der Waals surface area contributed by atoms with Gasteiger partial charge in [0.05, 0.1) is 6.42 Å². The molecule has 3 N–H and O–H groups in total. The summed E-state index contributed by atoms with van der Waals surface area (Å²) in [5.74, 6) is -2.18. The fourth-order valence-electron chi connectivity index (χ4n) is 3.11. The number of benzene rings is 1. The minimum atomic E-state index is -0.973. The van der Waals surface area contributed by atoms with Gasteiger partial charge in [-0.05, 0) is 29.9 Å². The molecule has 1 fully saturated rings. The van der Waals surface area contributed by atoms with E-state index in [0.29, 0.717) is 6.54 Å². The molecule has 5 heteroatoms. The first-order valence-corrected chi connectivity index (χ1v) is 6.73. The van der Waals surface area contributed by atoms with E-state index in [2.05, 4.69) is 5.32 Å². The maximum atomic E-state index is 11.2. The lowest BCUT2D eigenvalue weighted by molar-refractivity contribution is -0.142. The van der Waals surface area contributed by atoms with Gasteiger partial charge in [-0.1, -0.05) is 37.3 Å². The molecule has 1 aromatic rings. The third-order valence-corrected chi connectivity index (χ3v) is 4.20. The molecule has 0 spiro atoms. The van der Waals surface area contributed by atoms with Crippen LogP contribution in [-0.2, 0) is 9.59 Å². The standard InChI is InChI=1S/C15H19NO4/c1-9(10-5-3-2-4-6-10)12-8-16-14(15(19)20)11(12)7-13(17)18/h2-6,9,11-12,14,16H,7-8H2,1H3,(H,17,18)(H,19,20)/t9?,11-,12-,14-/m1/s1. The summed E-state index contributed by atoms with van der Waals surface area (Å²) in [6, 6.07) is 9.03. The highest BCUT2D eigenvalue weighted by Crippen LogP contribution is 2.37. The largest absolute Gasteiger partial charge is 0.481 e. The molecule has 1 saturated heterocycles. The molecule has 5 nitrogen and oxygen atoms in total. The van der Waals surface area contributed by atoms with Crippen molar-refractivity contribution in [3.8, 4) is 0 Å². The second kappa shape index (κ2) is 6.05. The highest BCUT2D eigenvalue weighted by atomic mass is 16.4. The van der Waals surface area contributed by atoms with Crippen LogP contribution in [0, 0.1) is 11.8 Å². The van der Waals surface area contributed by atoms with Gasteiger partial charge >= 0.3 is 11.9 Å². The average molecular weight is 277 g/mol. The topological polar surface area (TPSA) is 86.6 Å². The van der Waals surface area contributed by atoms with Crippen LogP contribution in [0.25, 0.3) is 0 Å². The molecule has 2 rings (SSSR count). The summed E-state index contributed by atoms with van der Waals surface area (Å²) in [6.07, 6.45) is -0.119. The normalized spacial score (nSPS) is 27.1. The van der Waals surface area contributed by atoms with Crippen LogP contribution >= 0.6 is 0 Å². The summed E-state index contributed by atoms with van der Waals surface area (Å²) >= 11 is 0. The molecule has 1 unspecified atom stereocenters. The average Bonchev–Trinajstić information content (AvgIpc) is 2.82. The number of hydrogen-bond acceptors (Lipinski definition) is 3. The highest BCUT2D eigenvalue weighted by molar-refractivity contribution is 5.76. The molecule has 4 atom stereocenters. The molecule has 0 saturated carbocycles. The van der Waals surface area contributed by atoms with E-state index in [-0.39, 0.29) is 24.2 Å². The van der Waals surface area contributed by atoms with E-state index in [1.807, 2.05) is 37.3 Å². The molecule has 108 valence electrons. The van der Waals surface area contributed by atoms with Crippen molar-refractivity contribution in [3.63, 3.8) is 0 Å². The summed E-state index contributed by atoms with van der Waals surface area (Å²) in [7, 11) is 0. The second-order valence-corrected chi connectivity index (χ2v) is 5.35. The first kappa shape index (κ1) is 14.5. The van der Waals surface area contributed by atoms with Crippen LogP contribution in [-0.4, -0.2) is 34.7 Å². The van der Waals surface area contributed by atoms with Gasteiger partial charge in [0.25, 0.3) is 0 Å². The molecule has 1 aliphatic rings. The van der Waals surface area contributed by atoms with Crippen molar-refractivity contribution >= 4 is 11.9 Å². The predicted molar refractivity (Wildman–Crippen MR) is 73.5 cm³/mol. The highest BCUT2D eigenvalue weighted by Gasteiger charge is 2.43. The Bertz CT molecular complexity index is 488. The Balaban J connectivity index is 2.21. The number of hydrogen-bond donors (Lipinski definition) is 3. The quantitative estimate of drug-likeness (QED) is 0.760. The van der Waals surface area contributed by atoms with Crippen molar-refractivity contribution in [2.75, 3.05) is 6.54 Å². The van der Waals surface area contributed by atoms with E-state index in [0.717, 1.165) is 5.56 Å². The number of rotatable bonds is 5. The first-order valence-electron chi connectivity index (χ1n) is 6.73. The van der Waals surface area contributed by atoms with E-state index in [1.54, 1.807) is 0 Å². The van der Waals surface area contributed by atoms with Crippen LogP contribution in [0.4, 0.5) is 0 Å². The second-order valence-electron chi connectivity index (χ2n) is 5.35. The maximum Gasteiger partial charge on any atom is 0.321 e. The van der Waals surface area contributed by atoms with Crippen LogP contribution in [0.2, 0.25) is 0 Å². The molecule has 0 amide bonds.